The average Bonchev–Trinajstić information content (AvgIpc) is 3.39. The Morgan fingerprint density at radius 2 is 2.13 bits per heavy atom. The fourth-order valence-electron chi connectivity index (χ4n) is 3.35. The van der Waals surface area contributed by atoms with Crippen LogP contribution in [-0.2, 0) is 29.1 Å². The van der Waals surface area contributed by atoms with Gasteiger partial charge in [-0.3, -0.25) is 9.59 Å². The molecular weight excluding hydrogens is 398 g/mol. The van der Waals surface area contributed by atoms with E-state index in [1.807, 2.05) is 30.3 Å². The predicted molar refractivity (Wildman–Crippen MR) is 114 cm³/mol. The molecule has 30 heavy (non-hydrogen) atoms. The zero-order valence-electron chi connectivity index (χ0n) is 16.1. The fourth-order valence-corrected chi connectivity index (χ4v) is 4.57. The summed E-state index contributed by atoms with van der Waals surface area (Å²) in [6.07, 6.45) is 8.79. The molecule has 7 nitrogen and oxygen atoms in total. The number of aromatic nitrogens is 2. The molecule has 0 bridgehead atoms. The van der Waals surface area contributed by atoms with Crippen LogP contribution in [0.5, 0.6) is 0 Å². The molecule has 1 aromatic carbocycles. The van der Waals surface area contributed by atoms with Crippen molar-refractivity contribution >= 4 is 34.2 Å². The zero-order chi connectivity index (χ0) is 20.9. The van der Waals surface area contributed by atoms with Gasteiger partial charge in [0.2, 0.25) is 11.8 Å². The summed E-state index contributed by atoms with van der Waals surface area (Å²) in [5.41, 5.74) is 2.35. The minimum Gasteiger partial charge on any atom is -0.336 e. The van der Waals surface area contributed by atoms with Gasteiger partial charge in [-0.15, -0.1) is 11.3 Å². The monoisotopic (exact) mass is 417 g/mol. The van der Waals surface area contributed by atoms with Gasteiger partial charge in [0.05, 0.1) is 18.4 Å². The molecular formula is C22H19N5O2S. The first-order chi connectivity index (χ1) is 14.6. The van der Waals surface area contributed by atoms with Gasteiger partial charge in [0, 0.05) is 29.9 Å². The second-order valence-corrected chi connectivity index (χ2v) is 7.96. The number of thiophene rings is 1. The molecule has 0 saturated carbocycles. The largest absolute Gasteiger partial charge is 0.336 e. The first-order valence-electron chi connectivity index (χ1n) is 9.46. The third-order valence-corrected chi connectivity index (χ3v) is 5.99. The van der Waals surface area contributed by atoms with Gasteiger partial charge in [-0.05, 0) is 23.6 Å². The molecule has 3 heterocycles. The lowest BCUT2D eigenvalue weighted by Gasteiger charge is -2.27. The van der Waals surface area contributed by atoms with Crippen LogP contribution in [0.25, 0.3) is 6.08 Å². The smallest absolute Gasteiger partial charge is 0.249 e. The standard InChI is InChI=1S/C22H19N5O2S/c23-12-18-17-8-10-27(21(29)14-26-11-9-24-15-26)13-19(17)30-22(18)25-20(28)7-6-16-4-2-1-3-5-16/h1-7,9,11,15H,8,10,13-14H2,(H,25,28)/b7-6+. The maximum absolute atomic E-state index is 12.6. The Morgan fingerprint density at radius 1 is 1.30 bits per heavy atom. The number of hydrogen-bond donors (Lipinski definition) is 1. The highest BCUT2D eigenvalue weighted by Crippen LogP contribution is 2.36. The first-order valence-corrected chi connectivity index (χ1v) is 10.3. The zero-order valence-corrected chi connectivity index (χ0v) is 16.9. The Labute approximate surface area is 177 Å². The molecule has 150 valence electrons. The summed E-state index contributed by atoms with van der Waals surface area (Å²) in [7, 11) is 0. The summed E-state index contributed by atoms with van der Waals surface area (Å²) in [6, 6.07) is 11.7. The third kappa shape index (κ3) is 4.31. The topological polar surface area (TPSA) is 91.0 Å². The van der Waals surface area contributed by atoms with Gasteiger partial charge < -0.3 is 14.8 Å². The molecule has 1 aliphatic heterocycles. The van der Waals surface area contributed by atoms with Crippen LogP contribution >= 0.6 is 11.3 Å². The molecule has 2 amide bonds. The maximum Gasteiger partial charge on any atom is 0.249 e. The minimum absolute atomic E-state index is 0.00179. The van der Waals surface area contributed by atoms with Gasteiger partial charge in [-0.1, -0.05) is 30.3 Å². The van der Waals surface area contributed by atoms with Crippen molar-refractivity contribution in [2.24, 2.45) is 0 Å². The van der Waals surface area contributed by atoms with E-state index >= 15 is 0 Å². The number of nitrogens with zero attached hydrogens (tertiary/aromatic N) is 4. The molecule has 0 radical (unpaired) electrons. The summed E-state index contributed by atoms with van der Waals surface area (Å²) in [5, 5.41) is 13.0. The van der Waals surface area contributed by atoms with Crippen molar-refractivity contribution in [1.82, 2.24) is 14.5 Å². The lowest BCUT2D eigenvalue weighted by Crippen LogP contribution is -2.37. The molecule has 4 rings (SSSR count). The van der Waals surface area contributed by atoms with Crippen LogP contribution < -0.4 is 5.32 Å². The molecule has 0 atom stereocenters. The van der Waals surface area contributed by atoms with Crippen LogP contribution in [0.3, 0.4) is 0 Å². The third-order valence-electron chi connectivity index (χ3n) is 4.86. The van der Waals surface area contributed by atoms with Crippen molar-refractivity contribution in [2.45, 2.75) is 19.5 Å². The van der Waals surface area contributed by atoms with E-state index in [9.17, 15) is 14.9 Å². The van der Waals surface area contributed by atoms with Crippen molar-refractivity contribution < 1.29 is 9.59 Å². The van der Waals surface area contributed by atoms with Crippen LogP contribution in [0.1, 0.15) is 21.6 Å². The molecule has 0 fully saturated rings. The number of fused-ring (bicyclic) bond motifs is 1. The van der Waals surface area contributed by atoms with Gasteiger partial charge >= 0.3 is 0 Å². The maximum atomic E-state index is 12.6. The number of amides is 2. The number of hydrogen-bond acceptors (Lipinski definition) is 5. The van der Waals surface area contributed by atoms with Crippen molar-refractivity contribution in [3.8, 4) is 6.07 Å². The molecule has 0 saturated heterocycles. The Bertz CT molecular complexity index is 1130. The number of rotatable bonds is 5. The Balaban J connectivity index is 1.46. The van der Waals surface area contributed by atoms with Crippen molar-refractivity contribution in [3.05, 3.63) is 76.7 Å². The summed E-state index contributed by atoms with van der Waals surface area (Å²) < 4.78 is 1.73. The van der Waals surface area contributed by atoms with E-state index in [1.54, 1.807) is 34.3 Å². The number of carbonyl (C=O) groups is 2. The molecule has 3 aromatic rings. The Hall–Kier alpha value is -3.70. The summed E-state index contributed by atoms with van der Waals surface area (Å²) in [6.45, 7) is 1.23. The number of benzene rings is 1. The van der Waals surface area contributed by atoms with Crippen LogP contribution in [0.4, 0.5) is 5.00 Å². The van der Waals surface area contributed by atoms with Crippen LogP contribution in [-0.4, -0.2) is 32.8 Å². The van der Waals surface area contributed by atoms with Crippen molar-refractivity contribution in [2.75, 3.05) is 11.9 Å². The highest BCUT2D eigenvalue weighted by molar-refractivity contribution is 7.16. The normalized spacial score (nSPS) is 13.1. The lowest BCUT2D eigenvalue weighted by molar-refractivity contribution is -0.132. The number of nitriles is 1. The molecule has 2 aromatic heterocycles. The predicted octanol–water partition coefficient (Wildman–Crippen LogP) is 3.05. The first kappa shape index (κ1) is 19.6. The molecule has 1 N–H and O–H groups in total. The van der Waals surface area contributed by atoms with Crippen LogP contribution in [0.2, 0.25) is 0 Å². The fraction of sp³-hybridized carbons (Fsp3) is 0.182. The summed E-state index contributed by atoms with van der Waals surface area (Å²) in [5.74, 6) is -0.288. The average molecular weight is 417 g/mol. The van der Waals surface area contributed by atoms with Crippen LogP contribution in [0.15, 0.2) is 55.1 Å². The molecule has 1 aliphatic rings. The second-order valence-electron chi connectivity index (χ2n) is 6.85. The van der Waals surface area contributed by atoms with E-state index in [-0.39, 0.29) is 18.4 Å². The Morgan fingerprint density at radius 3 is 2.87 bits per heavy atom. The highest BCUT2D eigenvalue weighted by atomic mass is 32.1. The number of anilines is 1. The summed E-state index contributed by atoms with van der Waals surface area (Å²) in [4.78, 5) is 31.6. The van der Waals surface area contributed by atoms with Crippen molar-refractivity contribution in [1.29, 1.82) is 5.26 Å². The highest BCUT2D eigenvalue weighted by Gasteiger charge is 2.27. The number of carbonyl (C=O) groups excluding carboxylic acids is 2. The molecule has 0 spiro atoms. The van der Waals surface area contributed by atoms with E-state index in [2.05, 4.69) is 16.4 Å². The van der Waals surface area contributed by atoms with Crippen LogP contribution in [0, 0.1) is 11.3 Å². The SMILES string of the molecule is N#Cc1c(NC(=O)/C=C/c2ccccc2)sc2c1CCN(C(=O)Cn1ccnc1)C2. The van der Waals surface area contributed by atoms with E-state index in [0.29, 0.717) is 30.1 Å². The second kappa shape index (κ2) is 8.76. The van der Waals surface area contributed by atoms with Gasteiger partial charge in [0.25, 0.3) is 0 Å². The van der Waals surface area contributed by atoms with E-state index in [0.717, 1.165) is 16.0 Å². The van der Waals surface area contributed by atoms with Gasteiger partial charge in [-0.2, -0.15) is 5.26 Å². The quantitative estimate of drug-likeness (QED) is 0.646. The minimum atomic E-state index is -0.290. The Kier molecular flexibility index (Phi) is 5.72. The number of imidazole rings is 1. The molecule has 8 heteroatoms. The van der Waals surface area contributed by atoms with Gasteiger partial charge in [0.15, 0.2) is 0 Å². The van der Waals surface area contributed by atoms with E-state index in [4.69, 9.17) is 0 Å². The van der Waals surface area contributed by atoms with Crippen molar-refractivity contribution in [3.63, 3.8) is 0 Å². The molecule has 0 unspecified atom stereocenters. The van der Waals surface area contributed by atoms with Gasteiger partial charge in [0.1, 0.15) is 17.6 Å². The van der Waals surface area contributed by atoms with E-state index in [1.165, 1.54) is 17.4 Å². The summed E-state index contributed by atoms with van der Waals surface area (Å²) >= 11 is 1.36. The van der Waals surface area contributed by atoms with Gasteiger partial charge in [-0.25, -0.2) is 4.98 Å². The lowest BCUT2D eigenvalue weighted by atomic mass is 10.0. The molecule has 0 aliphatic carbocycles. The van der Waals surface area contributed by atoms with E-state index < -0.39 is 0 Å². The number of nitrogens with one attached hydrogen (secondary N) is 1.